The lowest BCUT2D eigenvalue weighted by Gasteiger charge is -2.12. The normalized spacial score (nSPS) is 18.2. The monoisotopic (exact) mass is 199 g/mol. The Morgan fingerprint density at radius 3 is 2.57 bits per heavy atom. The summed E-state index contributed by atoms with van der Waals surface area (Å²) in [5.74, 6) is -2.61. The molecule has 2 rings (SSSR count). The van der Waals surface area contributed by atoms with Crippen LogP contribution in [0.3, 0.4) is 0 Å². The predicted octanol–water partition coefficient (Wildman–Crippen LogP) is 2.08. The average molecular weight is 199 g/mol. The van der Waals surface area contributed by atoms with Gasteiger partial charge >= 0.3 is 0 Å². The number of aromatic hydroxyl groups is 1. The van der Waals surface area contributed by atoms with Crippen LogP contribution >= 0.6 is 0 Å². The second kappa shape index (κ2) is 3.20. The second-order valence-electron chi connectivity index (χ2n) is 3.66. The Morgan fingerprint density at radius 1 is 1.36 bits per heavy atom. The molecule has 76 valence electrons. The number of phenols is 1. The molecule has 0 spiro atoms. The van der Waals surface area contributed by atoms with Crippen LogP contribution in [0.5, 0.6) is 5.75 Å². The molecule has 0 saturated heterocycles. The van der Waals surface area contributed by atoms with Crippen LogP contribution in [-0.2, 0) is 0 Å². The van der Waals surface area contributed by atoms with Gasteiger partial charge in [0.1, 0.15) is 0 Å². The zero-order chi connectivity index (χ0) is 10.3. The zero-order valence-electron chi connectivity index (χ0n) is 7.50. The van der Waals surface area contributed by atoms with Crippen LogP contribution in [0.4, 0.5) is 8.78 Å². The molecule has 3 N–H and O–H groups in total. The summed E-state index contributed by atoms with van der Waals surface area (Å²) in [7, 11) is 0. The summed E-state index contributed by atoms with van der Waals surface area (Å²) in [6.07, 6.45) is 1.97. The summed E-state index contributed by atoms with van der Waals surface area (Å²) in [4.78, 5) is 0. The number of benzene rings is 1. The van der Waals surface area contributed by atoms with Crippen molar-refractivity contribution in [3.05, 3.63) is 29.3 Å². The van der Waals surface area contributed by atoms with Crippen LogP contribution in [-0.4, -0.2) is 5.11 Å². The number of rotatable bonds is 2. The lowest BCUT2D eigenvalue weighted by molar-refractivity contribution is 0.394. The quantitative estimate of drug-likeness (QED) is 0.766. The van der Waals surface area contributed by atoms with Crippen molar-refractivity contribution in [1.82, 2.24) is 0 Å². The molecule has 0 radical (unpaired) electrons. The molecule has 1 aliphatic rings. The molecule has 1 aromatic carbocycles. The lowest BCUT2D eigenvalue weighted by atomic mass is 10.0. The van der Waals surface area contributed by atoms with E-state index in [-0.39, 0.29) is 6.04 Å². The Bertz CT molecular complexity index is 363. The fraction of sp³-hybridized carbons (Fsp3) is 0.400. The topological polar surface area (TPSA) is 46.2 Å². The fourth-order valence-electron chi connectivity index (χ4n) is 1.53. The largest absolute Gasteiger partial charge is 0.505 e. The van der Waals surface area contributed by atoms with Gasteiger partial charge in [0.05, 0.1) is 0 Å². The van der Waals surface area contributed by atoms with E-state index in [1.807, 2.05) is 0 Å². The molecular weight excluding hydrogens is 188 g/mol. The Kier molecular flexibility index (Phi) is 2.15. The molecule has 14 heavy (non-hydrogen) atoms. The molecule has 1 aliphatic carbocycles. The Hall–Kier alpha value is -1.16. The Balaban J connectivity index is 2.38. The van der Waals surface area contributed by atoms with E-state index in [9.17, 15) is 13.9 Å². The van der Waals surface area contributed by atoms with E-state index in [1.54, 1.807) is 0 Å². The van der Waals surface area contributed by atoms with E-state index in [1.165, 1.54) is 6.07 Å². The van der Waals surface area contributed by atoms with Crippen molar-refractivity contribution in [2.24, 2.45) is 11.7 Å². The molecule has 1 aromatic rings. The SMILES string of the molecule is NC(c1ccc(F)c(F)c1O)C1CC1. The first-order valence-electron chi connectivity index (χ1n) is 4.53. The average Bonchev–Trinajstić information content (AvgIpc) is 2.97. The maximum atomic E-state index is 13.0. The van der Waals surface area contributed by atoms with Gasteiger partial charge in [0, 0.05) is 11.6 Å². The number of halogens is 2. The van der Waals surface area contributed by atoms with Gasteiger partial charge in [0.2, 0.25) is 5.82 Å². The smallest absolute Gasteiger partial charge is 0.200 e. The maximum absolute atomic E-state index is 13.0. The third-order valence-corrected chi connectivity index (χ3v) is 2.59. The summed E-state index contributed by atoms with van der Waals surface area (Å²) >= 11 is 0. The molecule has 0 bridgehead atoms. The van der Waals surface area contributed by atoms with Crippen molar-refractivity contribution in [3.63, 3.8) is 0 Å². The first-order valence-corrected chi connectivity index (χ1v) is 4.53. The highest BCUT2D eigenvalue weighted by atomic mass is 19.2. The van der Waals surface area contributed by atoms with Crippen molar-refractivity contribution in [2.45, 2.75) is 18.9 Å². The van der Waals surface area contributed by atoms with Crippen LogP contribution in [0.1, 0.15) is 24.4 Å². The molecule has 2 nitrogen and oxygen atoms in total. The highest BCUT2D eigenvalue weighted by molar-refractivity contribution is 5.37. The highest BCUT2D eigenvalue weighted by Gasteiger charge is 2.32. The van der Waals surface area contributed by atoms with Gasteiger partial charge in [-0.3, -0.25) is 0 Å². The number of hydrogen-bond acceptors (Lipinski definition) is 2. The van der Waals surface area contributed by atoms with Gasteiger partial charge in [0.15, 0.2) is 11.6 Å². The maximum Gasteiger partial charge on any atom is 0.200 e. The van der Waals surface area contributed by atoms with Gasteiger partial charge in [-0.05, 0) is 24.8 Å². The molecule has 1 unspecified atom stereocenters. The van der Waals surface area contributed by atoms with Gasteiger partial charge in [-0.2, -0.15) is 4.39 Å². The third-order valence-electron chi connectivity index (χ3n) is 2.59. The van der Waals surface area contributed by atoms with E-state index >= 15 is 0 Å². The van der Waals surface area contributed by atoms with Gasteiger partial charge in [-0.1, -0.05) is 6.07 Å². The minimum absolute atomic E-state index is 0.297. The molecule has 4 heteroatoms. The summed E-state index contributed by atoms with van der Waals surface area (Å²) in [5.41, 5.74) is 6.07. The van der Waals surface area contributed by atoms with Crippen LogP contribution < -0.4 is 5.73 Å². The summed E-state index contributed by atoms with van der Waals surface area (Å²) < 4.78 is 25.6. The first kappa shape index (κ1) is 9.40. The molecule has 1 fully saturated rings. The van der Waals surface area contributed by atoms with Crippen LogP contribution in [0.15, 0.2) is 12.1 Å². The van der Waals surface area contributed by atoms with Crippen LogP contribution in [0.2, 0.25) is 0 Å². The van der Waals surface area contributed by atoms with Crippen molar-refractivity contribution in [1.29, 1.82) is 0 Å². The summed E-state index contributed by atoms with van der Waals surface area (Å²) in [6.45, 7) is 0. The van der Waals surface area contributed by atoms with E-state index in [0.717, 1.165) is 18.9 Å². The minimum atomic E-state index is -1.21. The second-order valence-corrected chi connectivity index (χ2v) is 3.66. The van der Waals surface area contributed by atoms with E-state index in [4.69, 9.17) is 5.73 Å². The predicted molar refractivity (Wildman–Crippen MR) is 47.7 cm³/mol. The van der Waals surface area contributed by atoms with Gasteiger partial charge in [-0.15, -0.1) is 0 Å². The molecule has 1 saturated carbocycles. The van der Waals surface area contributed by atoms with Crippen molar-refractivity contribution in [2.75, 3.05) is 0 Å². The number of phenolic OH excluding ortho intramolecular Hbond substituents is 1. The lowest BCUT2D eigenvalue weighted by Crippen LogP contribution is -2.13. The molecule has 0 aliphatic heterocycles. The van der Waals surface area contributed by atoms with E-state index in [0.29, 0.717) is 11.5 Å². The van der Waals surface area contributed by atoms with Gasteiger partial charge < -0.3 is 10.8 Å². The van der Waals surface area contributed by atoms with E-state index in [2.05, 4.69) is 0 Å². The highest BCUT2D eigenvalue weighted by Crippen LogP contribution is 2.42. The van der Waals surface area contributed by atoms with Crippen LogP contribution in [0, 0.1) is 17.6 Å². The summed E-state index contributed by atoms with van der Waals surface area (Å²) in [5, 5.41) is 9.33. The van der Waals surface area contributed by atoms with E-state index < -0.39 is 17.4 Å². The van der Waals surface area contributed by atoms with Crippen LogP contribution in [0.25, 0.3) is 0 Å². The molecule has 0 heterocycles. The van der Waals surface area contributed by atoms with Gasteiger partial charge in [0.25, 0.3) is 0 Å². The molecular formula is C10H11F2NO. The molecule has 0 aromatic heterocycles. The van der Waals surface area contributed by atoms with Crippen molar-refractivity contribution in [3.8, 4) is 5.75 Å². The van der Waals surface area contributed by atoms with Crippen molar-refractivity contribution >= 4 is 0 Å². The molecule has 0 amide bonds. The first-order chi connectivity index (χ1) is 6.61. The third kappa shape index (κ3) is 1.46. The fourth-order valence-corrected chi connectivity index (χ4v) is 1.53. The Morgan fingerprint density at radius 2 is 2.00 bits per heavy atom. The van der Waals surface area contributed by atoms with Gasteiger partial charge in [-0.25, -0.2) is 4.39 Å². The Labute approximate surface area is 80.4 Å². The number of hydrogen-bond donors (Lipinski definition) is 2. The minimum Gasteiger partial charge on any atom is -0.505 e. The zero-order valence-corrected chi connectivity index (χ0v) is 7.50. The number of nitrogens with two attached hydrogens (primary N) is 1. The summed E-state index contributed by atoms with van der Waals surface area (Å²) in [6, 6.07) is 1.95. The standard InChI is InChI=1S/C10H11F2NO/c11-7-4-3-6(10(14)8(7)12)9(13)5-1-2-5/h3-5,9,14H,1-2,13H2. The molecule has 1 atom stereocenters. The van der Waals surface area contributed by atoms with Crippen molar-refractivity contribution < 1.29 is 13.9 Å².